The molecule has 140 heavy (non-hydrogen) atoms. The SMILES string of the molecule is CCCCCCCCc1ccc([C@H]2CC[C@H](c3ccc([S])cc3)CC2)cc1.CCCCCCCCc1ccc([C@H]2CC[C@H](c3ccc([S])cc3)CC2)cc1.CCCCCCCCc1ccc([C@H]2CC[C@H](c3ccc([S])cc3)CC2)cc1.CCCCCCCCc1ccc([C@H]2CC[C@H](c3ccc([S])cc3)CC2)cc1.CCCCCCCCc1ccc([C@H]2CC[C@H](c3ccc([S])cc3)CC2)cc1.F.F.F.F.F. The van der Waals surface area contributed by atoms with Crippen molar-refractivity contribution in [3.8, 4) is 0 Å². The fourth-order valence-corrected chi connectivity index (χ4v) is 23.5. The van der Waals surface area contributed by atoms with Gasteiger partial charge in [0.2, 0.25) is 0 Å². The van der Waals surface area contributed by atoms with Crippen LogP contribution in [0.2, 0.25) is 0 Å². The van der Waals surface area contributed by atoms with Crippen molar-refractivity contribution in [2.24, 2.45) is 0 Å². The molecule has 0 atom stereocenters. The van der Waals surface area contributed by atoms with Gasteiger partial charge in [-0.25, -0.2) is 0 Å². The lowest BCUT2D eigenvalue weighted by molar-refractivity contribution is 0.396. The summed E-state index contributed by atoms with van der Waals surface area (Å²) in [5.74, 6) is 7.39. The Morgan fingerprint density at radius 1 is 0.136 bits per heavy atom. The summed E-state index contributed by atoms with van der Waals surface area (Å²) in [6, 6.07) is 91.1. The molecule has 5 fully saturated rings. The highest BCUT2D eigenvalue weighted by Gasteiger charge is 2.29. The van der Waals surface area contributed by atoms with Crippen LogP contribution in [-0.2, 0) is 32.1 Å². The van der Waals surface area contributed by atoms with Gasteiger partial charge in [-0.3, -0.25) is 23.5 Å². The highest BCUT2D eigenvalue weighted by atomic mass is 32.1. The molecule has 5 aliphatic carbocycles. The minimum atomic E-state index is 0. The van der Waals surface area contributed by atoms with E-state index in [4.69, 9.17) is 63.1 Å². The van der Waals surface area contributed by atoms with Crippen molar-refractivity contribution in [3.05, 3.63) is 326 Å². The number of hydrogen-bond acceptors (Lipinski definition) is 0. The number of unbranched alkanes of at least 4 members (excludes halogenated alkanes) is 25. The third-order valence-corrected chi connectivity index (χ3v) is 33.1. The Bertz CT molecular complexity index is 3970. The van der Waals surface area contributed by atoms with Crippen molar-refractivity contribution in [1.29, 1.82) is 0 Å². The van der Waals surface area contributed by atoms with Crippen molar-refractivity contribution in [3.63, 3.8) is 0 Å². The Balaban J connectivity index is 0.000000266. The molecule has 0 unspecified atom stereocenters. The molecule has 0 heterocycles. The summed E-state index contributed by atoms with van der Waals surface area (Å²) in [5.41, 5.74) is 22.8. The molecule has 10 heteroatoms. The quantitative estimate of drug-likeness (QED) is 0.0264. The Kier molecular flexibility index (Phi) is 62.1. The smallest absolute Gasteiger partial charge is 0.0377 e. The Morgan fingerprint density at radius 2 is 0.229 bits per heavy atom. The van der Waals surface area contributed by atoms with Crippen LogP contribution in [0.3, 0.4) is 0 Å². The number of halogens is 5. The first-order chi connectivity index (χ1) is 66.3. The molecule has 15 rings (SSSR count). The van der Waals surface area contributed by atoms with Crippen LogP contribution in [0, 0.1) is 0 Å². The molecule has 0 amide bonds. The molecule has 5 radical (unpaired) electrons. The van der Waals surface area contributed by atoms with Gasteiger partial charge < -0.3 is 0 Å². The zero-order chi connectivity index (χ0) is 94.5. The molecule has 0 aliphatic heterocycles. The van der Waals surface area contributed by atoms with Crippen molar-refractivity contribution >= 4 is 63.1 Å². The van der Waals surface area contributed by atoms with Gasteiger partial charge in [0.05, 0.1) is 0 Å². The predicted molar refractivity (Wildman–Crippen MR) is 611 cm³/mol. The van der Waals surface area contributed by atoms with E-state index in [1.165, 1.54) is 409 Å². The minimum absolute atomic E-state index is 0. The van der Waals surface area contributed by atoms with Crippen LogP contribution in [0.4, 0.5) is 23.5 Å². The van der Waals surface area contributed by atoms with Crippen LogP contribution in [0.1, 0.15) is 498 Å². The summed E-state index contributed by atoms with van der Waals surface area (Å²) in [5, 5.41) is 0. The fourth-order valence-electron chi connectivity index (χ4n) is 22.8. The third kappa shape index (κ3) is 44.5. The lowest BCUT2D eigenvalue weighted by Gasteiger charge is -2.29. The lowest BCUT2D eigenvalue weighted by Crippen LogP contribution is -2.12. The normalized spacial score (nSPS) is 19.2. The Morgan fingerprint density at radius 3 is 0.336 bits per heavy atom. The van der Waals surface area contributed by atoms with Crippen LogP contribution in [-0.4, -0.2) is 0 Å². The standard InChI is InChI=1S/5C26H35S.5FH/c5*1-2-3-4-5-6-7-8-21-9-11-22(12-10-21)23-13-15-24(16-14-23)25-17-19-26(27)20-18-25;;;;;/h5*9-12,17-20,23-24H,2-8,13-16H2,1H3;5*1H/t5*23-,24-;;;;;. The van der Waals surface area contributed by atoms with Gasteiger partial charge in [-0.05, 0) is 396 Å². The van der Waals surface area contributed by atoms with Crippen LogP contribution in [0.5, 0.6) is 0 Å². The van der Waals surface area contributed by atoms with Gasteiger partial charge >= 0.3 is 0 Å². The van der Waals surface area contributed by atoms with Gasteiger partial charge in [-0.15, -0.1) is 0 Å². The summed E-state index contributed by atoms with van der Waals surface area (Å²) >= 11 is 26.1. The number of rotatable bonds is 45. The van der Waals surface area contributed by atoms with E-state index in [0.29, 0.717) is 0 Å². The molecule has 5 aliphatic rings. The molecule has 0 bridgehead atoms. The van der Waals surface area contributed by atoms with E-state index in [2.05, 4.69) is 277 Å². The topological polar surface area (TPSA) is 0 Å². The van der Waals surface area contributed by atoms with E-state index in [-0.39, 0.29) is 23.5 Å². The molecule has 5 saturated carbocycles. The highest BCUT2D eigenvalue weighted by Crippen LogP contribution is 2.47. The highest BCUT2D eigenvalue weighted by molar-refractivity contribution is 7.81. The second-order valence-corrected chi connectivity index (χ2v) is 44.2. The minimum Gasteiger partial charge on any atom is -0.269 e. The van der Waals surface area contributed by atoms with Gasteiger partial charge in [0.25, 0.3) is 0 Å². The first-order valence-electron chi connectivity index (χ1n) is 55.6. The zero-order valence-corrected chi connectivity index (χ0v) is 90.9. The summed E-state index contributed by atoms with van der Waals surface area (Å²) in [6.45, 7) is 11.4. The van der Waals surface area contributed by atoms with Crippen molar-refractivity contribution in [2.75, 3.05) is 0 Å². The Labute approximate surface area is 877 Å². The third-order valence-electron chi connectivity index (χ3n) is 31.7. The lowest BCUT2D eigenvalue weighted by atomic mass is 9.76. The van der Waals surface area contributed by atoms with Crippen LogP contribution >= 0.6 is 63.1 Å². The number of aryl methyl sites for hydroxylation is 5. The van der Waals surface area contributed by atoms with Gasteiger partial charge in [0.15, 0.2) is 0 Å². The second kappa shape index (κ2) is 71.5. The summed E-state index contributed by atoms with van der Waals surface area (Å²) in [7, 11) is 0. The van der Waals surface area contributed by atoms with E-state index in [1.54, 1.807) is 27.8 Å². The largest absolute Gasteiger partial charge is 0.269 e. The molecule has 10 aromatic rings. The van der Waals surface area contributed by atoms with Crippen molar-refractivity contribution < 1.29 is 23.5 Å². The van der Waals surface area contributed by atoms with Crippen LogP contribution in [0.25, 0.3) is 0 Å². The molecule has 0 saturated heterocycles. The van der Waals surface area contributed by atoms with Gasteiger partial charge in [0, 0.05) is 24.5 Å². The van der Waals surface area contributed by atoms with Crippen molar-refractivity contribution in [1.82, 2.24) is 0 Å². The van der Waals surface area contributed by atoms with Gasteiger partial charge in [-0.2, -0.15) is 0 Å². The van der Waals surface area contributed by atoms with Crippen molar-refractivity contribution in [2.45, 2.75) is 471 Å². The molecule has 0 aromatic heterocycles. The first-order valence-corrected chi connectivity index (χ1v) is 57.6. The molecular formula is C130H180F5S5. The van der Waals surface area contributed by atoms with Gasteiger partial charge in [-0.1, -0.05) is 440 Å². The second-order valence-electron chi connectivity index (χ2n) is 41.9. The molecular weight excluding hydrogens is 1820 g/mol. The number of benzene rings is 10. The maximum absolute atomic E-state index is 5.22. The van der Waals surface area contributed by atoms with E-state index >= 15 is 0 Å². The van der Waals surface area contributed by atoms with E-state index in [9.17, 15) is 0 Å². The Hall–Kier alpha value is -7.05. The summed E-state index contributed by atoms with van der Waals surface area (Å²) in [6.07, 6.45) is 73.9. The van der Waals surface area contributed by atoms with Crippen LogP contribution < -0.4 is 0 Å². The van der Waals surface area contributed by atoms with Gasteiger partial charge in [0.1, 0.15) is 0 Å². The summed E-state index contributed by atoms with van der Waals surface area (Å²) < 4.78 is 0. The maximum Gasteiger partial charge on any atom is 0.0377 e. The van der Waals surface area contributed by atoms with Crippen LogP contribution in [0.15, 0.2) is 267 Å². The average molecular weight is 2000 g/mol. The fraction of sp³-hybridized carbons (Fsp3) is 0.538. The monoisotopic (exact) mass is 2000 g/mol. The average Bonchev–Trinajstić information content (AvgIpc) is 0.849. The predicted octanol–water partition coefficient (Wildman–Crippen LogP) is 43.7. The number of hydrogen-bond donors (Lipinski definition) is 0. The molecule has 10 aromatic carbocycles. The van der Waals surface area contributed by atoms with E-state index in [0.717, 1.165) is 83.7 Å². The molecule has 0 nitrogen and oxygen atoms in total. The summed E-state index contributed by atoms with van der Waals surface area (Å²) in [4.78, 5) is 4.76. The van der Waals surface area contributed by atoms with E-state index in [1.807, 2.05) is 0 Å². The molecule has 765 valence electrons. The molecule has 0 spiro atoms. The maximum atomic E-state index is 5.22. The molecule has 0 N–H and O–H groups in total. The zero-order valence-electron chi connectivity index (χ0n) is 86.8. The first kappa shape index (κ1) is 122. The van der Waals surface area contributed by atoms with E-state index < -0.39 is 0 Å².